The second-order valence-electron chi connectivity index (χ2n) is 10.1. The Morgan fingerprint density at radius 2 is 1.89 bits per heavy atom. The number of para-hydroxylation sites is 2. The number of carbonyl (C=O) groups excluding carboxylic acids is 1. The van der Waals surface area contributed by atoms with Crippen molar-refractivity contribution in [1.82, 2.24) is 24.4 Å². The summed E-state index contributed by atoms with van der Waals surface area (Å²) in [6.45, 7) is 3.03. The van der Waals surface area contributed by atoms with E-state index in [0.29, 0.717) is 26.0 Å². The van der Waals surface area contributed by atoms with Gasteiger partial charge in [-0.1, -0.05) is 36.4 Å². The van der Waals surface area contributed by atoms with Gasteiger partial charge >= 0.3 is 0 Å². The van der Waals surface area contributed by atoms with E-state index < -0.39 is 0 Å². The van der Waals surface area contributed by atoms with Crippen LogP contribution < -0.4 is 5.73 Å². The Labute approximate surface area is 223 Å². The summed E-state index contributed by atoms with van der Waals surface area (Å²) in [6.07, 6.45) is 9.04. The van der Waals surface area contributed by atoms with Gasteiger partial charge in [0.05, 0.1) is 11.0 Å². The van der Waals surface area contributed by atoms with Crippen LogP contribution in [0.2, 0.25) is 0 Å². The fourth-order valence-electron chi connectivity index (χ4n) is 5.43. The lowest BCUT2D eigenvalue weighted by Crippen LogP contribution is -2.42. The summed E-state index contributed by atoms with van der Waals surface area (Å²) in [4.78, 5) is 28.4. The highest BCUT2D eigenvalue weighted by molar-refractivity contribution is 5.78. The molecule has 1 fully saturated rings. The van der Waals surface area contributed by atoms with Crippen molar-refractivity contribution in [3.63, 3.8) is 0 Å². The zero-order chi connectivity index (χ0) is 26.3. The molecule has 1 aliphatic heterocycles. The van der Waals surface area contributed by atoms with E-state index in [1.54, 1.807) is 19.5 Å². The van der Waals surface area contributed by atoms with Gasteiger partial charge < -0.3 is 19.9 Å². The number of aromatic nitrogens is 4. The zero-order valence-corrected chi connectivity index (χ0v) is 22.0. The van der Waals surface area contributed by atoms with Crippen molar-refractivity contribution in [3.05, 3.63) is 78.6 Å². The molecule has 2 aromatic carbocycles. The predicted octanol–water partition coefficient (Wildman–Crippen LogP) is 4.20. The number of fused-ring (bicyclic) bond motifs is 1. The average Bonchev–Trinajstić information content (AvgIpc) is 3.33. The number of rotatable bonds is 10. The van der Waals surface area contributed by atoms with E-state index in [2.05, 4.69) is 57.0 Å². The highest BCUT2D eigenvalue weighted by Gasteiger charge is 2.29. The number of nitrogens with two attached hydrogens (primary N) is 1. The number of methoxy groups -OCH3 is 1. The number of hydrogen-bond acceptors (Lipinski definition) is 6. The second-order valence-corrected chi connectivity index (χ2v) is 10.1. The molecule has 4 aromatic rings. The maximum atomic E-state index is 13.3. The molecule has 2 atom stereocenters. The number of carbonyl (C=O) groups is 1. The first-order chi connectivity index (χ1) is 18.6. The lowest BCUT2D eigenvalue weighted by atomic mass is 9.95. The van der Waals surface area contributed by atoms with Gasteiger partial charge in [-0.2, -0.15) is 0 Å². The summed E-state index contributed by atoms with van der Waals surface area (Å²) in [5.74, 6) is 1.42. The van der Waals surface area contributed by atoms with Crippen LogP contribution in [0, 0.1) is 0 Å². The van der Waals surface area contributed by atoms with Crippen molar-refractivity contribution in [2.24, 2.45) is 5.73 Å². The highest BCUT2D eigenvalue weighted by Crippen LogP contribution is 2.30. The third-order valence-corrected chi connectivity index (χ3v) is 7.34. The molecule has 0 radical (unpaired) electrons. The van der Waals surface area contributed by atoms with Gasteiger partial charge in [-0.25, -0.2) is 15.0 Å². The number of likely N-dealkylation sites (tertiary alicyclic amines) is 1. The molecule has 2 unspecified atom stereocenters. The highest BCUT2D eigenvalue weighted by atomic mass is 16.5. The standard InChI is InChI=1S/C30H36N6O2/c1-38-15-5-14-36-28-8-3-2-7-27(28)34-30(36)24-6-4-13-35(20-24)29(37)17-26(31)16-22-9-11-23(12-10-22)25-18-32-21-33-19-25/h2-3,7-12,18-19,21,24,26H,4-6,13-17,20,31H2,1H3. The van der Waals surface area contributed by atoms with Crippen molar-refractivity contribution >= 4 is 16.9 Å². The summed E-state index contributed by atoms with van der Waals surface area (Å²) in [5.41, 5.74) is 11.8. The lowest BCUT2D eigenvalue weighted by molar-refractivity contribution is -0.132. The topological polar surface area (TPSA) is 99.2 Å². The smallest absolute Gasteiger partial charge is 0.224 e. The molecule has 2 aromatic heterocycles. The summed E-state index contributed by atoms with van der Waals surface area (Å²) < 4.78 is 7.61. The molecule has 8 heteroatoms. The second kappa shape index (κ2) is 12.3. The molecule has 198 valence electrons. The number of piperidine rings is 1. The number of hydrogen-bond donors (Lipinski definition) is 1. The molecule has 0 bridgehead atoms. The largest absolute Gasteiger partial charge is 0.385 e. The van der Waals surface area contributed by atoms with E-state index in [1.807, 2.05) is 11.0 Å². The number of aryl methyl sites for hydroxylation is 1. The van der Waals surface area contributed by atoms with Gasteiger partial charge in [0.15, 0.2) is 0 Å². The van der Waals surface area contributed by atoms with Gasteiger partial charge in [0.2, 0.25) is 5.91 Å². The first-order valence-electron chi connectivity index (χ1n) is 13.4. The van der Waals surface area contributed by atoms with Crippen molar-refractivity contribution in [1.29, 1.82) is 0 Å². The van der Waals surface area contributed by atoms with Gasteiger partial charge in [-0.15, -0.1) is 0 Å². The Bertz CT molecular complexity index is 1340. The average molecular weight is 513 g/mol. The van der Waals surface area contributed by atoms with Crippen LogP contribution >= 0.6 is 0 Å². The van der Waals surface area contributed by atoms with Crippen LogP contribution in [0.1, 0.15) is 43.0 Å². The molecular weight excluding hydrogens is 476 g/mol. The van der Waals surface area contributed by atoms with E-state index in [-0.39, 0.29) is 17.9 Å². The molecule has 1 aliphatic rings. The molecule has 0 aliphatic carbocycles. The van der Waals surface area contributed by atoms with Crippen LogP contribution in [0.15, 0.2) is 67.3 Å². The van der Waals surface area contributed by atoms with Crippen molar-refractivity contribution in [2.75, 3.05) is 26.8 Å². The third-order valence-electron chi connectivity index (χ3n) is 7.34. The molecule has 38 heavy (non-hydrogen) atoms. The molecule has 5 rings (SSSR count). The molecule has 1 saturated heterocycles. The number of ether oxygens (including phenoxy) is 1. The monoisotopic (exact) mass is 512 g/mol. The maximum absolute atomic E-state index is 13.3. The molecule has 1 amide bonds. The van der Waals surface area contributed by atoms with Crippen LogP contribution in [0.3, 0.4) is 0 Å². The van der Waals surface area contributed by atoms with Gasteiger partial charge in [-0.3, -0.25) is 4.79 Å². The molecule has 0 saturated carbocycles. The van der Waals surface area contributed by atoms with Crippen LogP contribution in [0.5, 0.6) is 0 Å². The number of nitrogens with zero attached hydrogens (tertiary/aromatic N) is 5. The predicted molar refractivity (Wildman–Crippen MR) is 149 cm³/mol. The maximum Gasteiger partial charge on any atom is 0.224 e. The molecule has 8 nitrogen and oxygen atoms in total. The Morgan fingerprint density at radius 1 is 1.11 bits per heavy atom. The van der Waals surface area contributed by atoms with E-state index in [0.717, 1.165) is 65.9 Å². The lowest BCUT2D eigenvalue weighted by Gasteiger charge is -2.33. The van der Waals surface area contributed by atoms with Crippen LogP contribution in [-0.2, 0) is 22.5 Å². The van der Waals surface area contributed by atoms with Crippen LogP contribution in [0.4, 0.5) is 0 Å². The van der Waals surface area contributed by atoms with Crippen LogP contribution in [0.25, 0.3) is 22.2 Å². The van der Waals surface area contributed by atoms with Gasteiger partial charge in [0, 0.05) is 69.7 Å². The fraction of sp³-hybridized carbons (Fsp3) is 0.400. The Morgan fingerprint density at radius 3 is 2.68 bits per heavy atom. The van der Waals surface area contributed by atoms with Crippen molar-refractivity contribution < 1.29 is 9.53 Å². The Kier molecular flexibility index (Phi) is 8.41. The van der Waals surface area contributed by atoms with Crippen molar-refractivity contribution in [2.45, 2.75) is 50.6 Å². The number of imidazole rings is 1. The first kappa shape index (κ1) is 26.0. The SMILES string of the molecule is COCCCn1c(C2CCCN(C(=O)CC(N)Cc3ccc(-c4cncnc4)cc3)C2)nc2ccccc21. The summed E-state index contributed by atoms with van der Waals surface area (Å²) in [6, 6.07) is 16.3. The Balaban J connectivity index is 1.21. The Hall–Kier alpha value is -3.62. The van der Waals surface area contributed by atoms with E-state index in [9.17, 15) is 4.79 Å². The normalized spacial score (nSPS) is 16.6. The zero-order valence-electron chi connectivity index (χ0n) is 22.0. The quantitative estimate of drug-likeness (QED) is 0.320. The summed E-state index contributed by atoms with van der Waals surface area (Å²) in [7, 11) is 1.73. The summed E-state index contributed by atoms with van der Waals surface area (Å²) in [5, 5.41) is 0. The van der Waals surface area contributed by atoms with E-state index in [1.165, 1.54) is 6.33 Å². The van der Waals surface area contributed by atoms with E-state index >= 15 is 0 Å². The molecule has 0 spiro atoms. The minimum atomic E-state index is -0.229. The minimum Gasteiger partial charge on any atom is -0.385 e. The molecular formula is C30H36N6O2. The molecule has 3 heterocycles. The van der Waals surface area contributed by atoms with Gasteiger partial charge in [0.1, 0.15) is 12.2 Å². The fourth-order valence-corrected chi connectivity index (χ4v) is 5.43. The van der Waals surface area contributed by atoms with Crippen molar-refractivity contribution in [3.8, 4) is 11.1 Å². The minimum absolute atomic E-state index is 0.127. The molecule has 2 N–H and O–H groups in total. The van der Waals surface area contributed by atoms with E-state index in [4.69, 9.17) is 15.5 Å². The number of benzene rings is 2. The van der Waals surface area contributed by atoms with Crippen LogP contribution in [-0.4, -0.2) is 63.2 Å². The van der Waals surface area contributed by atoms with Gasteiger partial charge in [-0.05, 0) is 48.9 Å². The first-order valence-corrected chi connectivity index (χ1v) is 13.4. The third kappa shape index (κ3) is 6.09. The summed E-state index contributed by atoms with van der Waals surface area (Å²) >= 11 is 0. The number of amides is 1. The van der Waals surface area contributed by atoms with Gasteiger partial charge in [0.25, 0.3) is 0 Å².